The fourth-order valence-corrected chi connectivity index (χ4v) is 4.29. The van der Waals surface area contributed by atoms with Crippen molar-refractivity contribution in [3.05, 3.63) is 56.0 Å². The summed E-state index contributed by atoms with van der Waals surface area (Å²) in [6.07, 6.45) is 2.86. The minimum atomic E-state index is -1.52. The van der Waals surface area contributed by atoms with Crippen molar-refractivity contribution in [2.75, 3.05) is 12.4 Å². The maximum atomic E-state index is 15.0. The Morgan fingerprint density at radius 3 is 2.64 bits per heavy atom. The van der Waals surface area contributed by atoms with Crippen LogP contribution in [0.15, 0.2) is 27.8 Å². The summed E-state index contributed by atoms with van der Waals surface area (Å²) in [4.78, 5) is 28.2. The van der Waals surface area contributed by atoms with Crippen LogP contribution in [0.25, 0.3) is 0 Å². The van der Waals surface area contributed by atoms with E-state index in [-0.39, 0.29) is 29.4 Å². The Morgan fingerprint density at radius 2 is 1.93 bits per heavy atom. The third-order valence-electron chi connectivity index (χ3n) is 5.77. The molecule has 2 aromatic rings. The highest BCUT2D eigenvalue weighted by atomic mass is 19.1. The van der Waals surface area contributed by atoms with Crippen LogP contribution < -0.4 is 21.3 Å². The van der Waals surface area contributed by atoms with Crippen molar-refractivity contribution in [3.8, 4) is 5.75 Å². The molecule has 1 saturated carbocycles. The first-order chi connectivity index (χ1) is 13.5. The first kappa shape index (κ1) is 18.7. The second-order valence-electron chi connectivity index (χ2n) is 7.48. The number of fused-ring (bicyclic) bond motifs is 1. The number of H-pyrrole nitrogens is 1. The van der Waals surface area contributed by atoms with Crippen LogP contribution in [0, 0.1) is 5.82 Å². The summed E-state index contributed by atoms with van der Waals surface area (Å²) in [5.41, 5.74) is -0.664. The quantitative estimate of drug-likeness (QED) is 0.842. The maximum Gasteiger partial charge on any atom is 0.330 e. The Hall–Kier alpha value is -2.64. The summed E-state index contributed by atoms with van der Waals surface area (Å²) in [5, 5.41) is 2.83. The monoisotopic (exact) mass is 391 g/mol. The van der Waals surface area contributed by atoms with Crippen molar-refractivity contribution >= 4 is 5.82 Å². The Kier molecular flexibility index (Phi) is 4.95. The number of hydrogen-bond acceptors (Lipinski definition) is 4. The van der Waals surface area contributed by atoms with Crippen molar-refractivity contribution in [2.45, 2.75) is 56.8 Å². The molecule has 6 nitrogen and oxygen atoms in total. The van der Waals surface area contributed by atoms with E-state index in [4.69, 9.17) is 4.74 Å². The van der Waals surface area contributed by atoms with Gasteiger partial charge in [0.15, 0.2) is 0 Å². The largest absolute Gasteiger partial charge is 0.497 e. The molecular formula is C20H23F2N3O3. The predicted molar refractivity (Wildman–Crippen MR) is 101 cm³/mol. The van der Waals surface area contributed by atoms with E-state index in [0.29, 0.717) is 5.75 Å². The fraction of sp³-hybridized carbons (Fsp3) is 0.500. The number of benzene rings is 1. The van der Waals surface area contributed by atoms with Gasteiger partial charge >= 0.3 is 5.69 Å². The molecule has 2 heterocycles. The molecule has 1 aromatic heterocycles. The van der Waals surface area contributed by atoms with E-state index in [1.807, 2.05) is 0 Å². The van der Waals surface area contributed by atoms with Crippen LogP contribution >= 0.6 is 0 Å². The smallest absolute Gasteiger partial charge is 0.330 e. The maximum absolute atomic E-state index is 15.0. The molecule has 2 N–H and O–H groups in total. The molecular weight excluding hydrogens is 368 g/mol. The van der Waals surface area contributed by atoms with Crippen molar-refractivity contribution in [3.63, 3.8) is 0 Å². The van der Waals surface area contributed by atoms with Gasteiger partial charge in [-0.2, -0.15) is 0 Å². The second kappa shape index (κ2) is 7.41. The standard InChI is InChI=1S/C20H23F2N3O3/c1-28-12-7-8-15(21)13(9-12)17-16(22)10-14-18(23-17)24-20(27)25(19(14)26)11-5-3-2-4-6-11/h7-9,11,16-17,23H,2-6,10H2,1H3,(H,24,27)/t16-,17+/m1/s1. The molecule has 28 heavy (non-hydrogen) atoms. The van der Waals surface area contributed by atoms with Gasteiger partial charge in [-0.05, 0) is 31.0 Å². The Labute approximate surface area is 160 Å². The zero-order valence-corrected chi connectivity index (χ0v) is 15.6. The van der Waals surface area contributed by atoms with Gasteiger partial charge in [0.1, 0.15) is 23.6 Å². The average Bonchev–Trinajstić information content (AvgIpc) is 2.70. The zero-order valence-electron chi connectivity index (χ0n) is 15.6. The lowest BCUT2D eigenvalue weighted by Crippen LogP contribution is -2.44. The van der Waals surface area contributed by atoms with Crippen molar-refractivity contribution in [2.24, 2.45) is 0 Å². The second-order valence-corrected chi connectivity index (χ2v) is 7.48. The lowest BCUT2D eigenvalue weighted by Gasteiger charge is -2.31. The van der Waals surface area contributed by atoms with Crippen molar-refractivity contribution in [1.29, 1.82) is 0 Å². The minimum Gasteiger partial charge on any atom is -0.497 e. The number of halogens is 2. The molecule has 1 fully saturated rings. The summed E-state index contributed by atoms with van der Waals surface area (Å²) in [6, 6.07) is 2.91. The van der Waals surface area contributed by atoms with Crippen LogP contribution in [0.4, 0.5) is 14.6 Å². The van der Waals surface area contributed by atoms with E-state index in [9.17, 15) is 18.4 Å². The molecule has 4 rings (SSSR count). The summed E-state index contributed by atoms with van der Waals surface area (Å²) < 4.78 is 35.6. The van der Waals surface area contributed by atoms with Gasteiger partial charge in [-0.3, -0.25) is 14.3 Å². The topological polar surface area (TPSA) is 76.1 Å². The Morgan fingerprint density at radius 1 is 1.18 bits per heavy atom. The number of methoxy groups -OCH3 is 1. The van der Waals surface area contributed by atoms with Gasteiger partial charge in [0, 0.05) is 18.0 Å². The number of ether oxygens (including phenoxy) is 1. The van der Waals surface area contributed by atoms with E-state index in [1.54, 1.807) is 0 Å². The number of hydrogen-bond donors (Lipinski definition) is 2. The first-order valence-corrected chi connectivity index (χ1v) is 9.61. The average molecular weight is 391 g/mol. The Balaban J connectivity index is 1.73. The molecule has 2 atom stereocenters. The predicted octanol–water partition coefficient (Wildman–Crippen LogP) is 3.24. The van der Waals surface area contributed by atoms with Gasteiger partial charge in [0.05, 0.1) is 18.7 Å². The first-order valence-electron chi connectivity index (χ1n) is 9.61. The van der Waals surface area contributed by atoms with Gasteiger partial charge in [-0.15, -0.1) is 0 Å². The van der Waals surface area contributed by atoms with Crippen molar-refractivity contribution in [1.82, 2.24) is 9.55 Å². The number of rotatable bonds is 3. The van der Waals surface area contributed by atoms with Crippen LogP contribution in [-0.2, 0) is 6.42 Å². The summed E-state index contributed by atoms with van der Waals surface area (Å²) in [7, 11) is 1.44. The fourth-order valence-electron chi connectivity index (χ4n) is 4.29. The van der Waals surface area contributed by atoms with Crippen LogP contribution in [0.5, 0.6) is 5.75 Å². The molecule has 0 amide bonds. The summed E-state index contributed by atoms with van der Waals surface area (Å²) in [6.45, 7) is 0. The molecule has 0 unspecified atom stereocenters. The number of nitrogens with one attached hydrogen (secondary N) is 2. The highest BCUT2D eigenvalue weighted by Gasteiger charge is 2.35. The van der Waals surface area contributed by atoms with Gasteiger partial charge in [0.2, 0.25) is 0 Å². The van der Waals surface area contributed by atoms with E-state index >= 15 is 0 Å². The van der Waals surface area contributed by atoms with Crippen LogP contribution in [0.3, 0.4) is 0 Å². The molecule has 0 bridgehead atoms. The zero-order chi connectivity index (χ0) is 19.8. The molecule has 150 valence electrons. The molecule has 8 heteroatoms. The molecule has 0 radical (unpaired) electrons. The lowest BCUT2D eigenvalue weighted by atomic mass is 9.92. The van der Waals surface area contributed by atoms with Gasteiger partial charge < -0.3 is 10.1 Å². The third kappa shape index (κ3) is 3.21. The SMILES string of the molecule is COc1ccc(F)c([C@@H]2Nc3[nH]c(=O)n(C4CCCCC4)c(=O)c3C[C@H]2F)c1. The molecule has 1 aliphatic carbocycles. The number of aromatic amines is 1. The summed E-state index contributed by atoms with van der Waals surface area (Å²) in [5.74, 6) is -0.0112. The molecule has 1 aliphatic heterocycles. The molecule has 1 aromatic carbocycles. The third-order valence-corrected chi connectivity index (χ3v) is 5.77. The molecule has 0 spiro atoms. The van der Waals surface area contributed by atoms with Crippen molar-refractivity contribution < 1.29 is 13.5 Å². The normalized spacial score (nSPS) is 22.4. The lowest BCUT2D eigenvalue weighted by molar-refractivity contribution is 0.277. The van der Waals surface area contributed by atoms with Gasteiger partial charge in [-0.1, -0.05) is 19.3 Å². The van der Waals surface area contributed by atoms with Gasteiger partial charge in [0.25, 0.3) is 5.56 Å². The van der Waals surface area contributed by atoms with Gasteiger partial charge in [-0.25, -0.2) is 13.6 Å². The molecule has 0 saturated heterocycles. The van der Waals surface area contributed by atoms with Crippen LogP contribution in [-0.4, -0.2) is 22.8 Å². The van der Waals surface area contributed by atoms with E-state index < -0.39 is 29.3 Å². The highest BCUT2D eigenvalue weighted by molar-refractivity contribution is 5.50. The number of nitrogens with zero attached hydrogens (tertiary/aromatic N) is 1. The summed E-state index contributed by atoms with van der Waals surface area (Å²) >= 11 is 0. The number of aromatic nitrogens is 2. The van der Waals surface area contributed by atoms with Crippen LogP contribution in [0.1, 0.15) is 55.3 Å². The minimum absolute atomic E-state index is 0.0924. The number of anilines is 1. The van der Waals surface area contributed by atoms with E-state index in [1.165, 1.54) is 29.9 Å². The molecule has 2 aliphatic rings. The van der Waals surface area contributed by atoms with E-state index in [2.05, 4.69) is 10.3 Å². The van der Waals surface area contributed by atoms with Crippen LogP contribution in [0.2, 0.25) is 0 Å². The number of alkyl halides is 1. The highest BCUT2D eigenvalue weighted by Crippen LogP contribution is 2.35. The van der Waals surface area contributed by atoms with E-state index in [0.717, 1.165) is 32.1 Å². The Bertz CT molecular complexity index is 995.